The van der Waals surface area contributed by atoms with Crippen LogP contribution in [0.5, 0.6) is 5.75 Å². The van der Waals surface area contributed by atoms with Gasteiger partial charge >= 0.3 is 0 Å². The van der Waals surface area contributed by atoms with Crippen LogP contribution in [-0.4, -0.2) is 35.8 Å². The van der Waals surface area contributed by atoms with E-state index >= 15 is 0 Å². The number of isothiocyanates is 1. The summed E-state index contributed by atoms with van der Waals surface area (Å²) in [6.07, 6.45) is 2.65. The standard InChI is InChI=1S/C14H18N2OS/c1-2-16-9-3-4-14(10-16)17-13-7-5-12(6-8-13)15-11-18/h5-8,14H,2-4,9-10H2,1H3. The van der Waals surface area contributed by atoms with Gasteiger partial charge in [-0.1, -0.05) is 6.92 Å². The van der Waals surface area contributed by atoms with Gasteiger partial charge in [-0.25, -0.2) is 0 Å². The van der Waals surface area contributed by atoms with Crippen molar-refractivity contribution in [2.75, 3.05) is 19.6 Å². The molecule has 0 bridgehead atoms. The average Bonchev–Trinajstić information content (AvgIpc) is 2.42. The molecule has 0 radical (unpaired) electrons. The molecule has 1 saturated heterocycles. The van der Waals surface area contributed by atoms with E-state index in [1.165, 1.54) is 13.0 Å². The normalized spacial score (nSPS) is 20.2. The molecular formula is C14H18N2OS. The summed E-state index contributed by atoms with van der Waals surface area (Å²) in [5.74, 6) is 0.904. The van der Waals surface area contributed by atoms with Crippen LogP contribution in [0, 0.1) is 0 Å². The number of likely N-dealkylation sites (N-methyl/N-ethyl adjacent to an activating group) is 1. The zero-order valence-electron chi connectivity index (χ0n) is 10.6. The summed E-state index contributed by atoms with van der Waals surface area (Å²) in [5, 5.41) is 2.36. The largest absolute Gasteiger partial charge is 0.489 e. The highest BCUT2D eigenvalue weighted by Gasteiger charge is 2.19. The van der Waals surface area contributed by atoms with Crippen molar-refractivity contribution in [3.8, 4) is 5.75 Å². The molecule has 1 aliphatic heterocycles. The number of thiocarbonyl (C=S) groups is 1. The van der Waals surface area contributed by atoms with E-state index < -0.39 is 0 Å². The first-order valence-electron chi connectivity index (χ1n) is 6.38. The average molecular weight is 262 g/mol. The fraction of sp³-hybridized carbons (Fsp3) is 0.500. The summed E-state index contributed by atoms with van der Waals surface area (Å²) in [6.45, 7) is 5.51. The maximum absolute atomic E-state index is 5.99. The molecule has 0 amide bonds. The lowest BCUT2D eigenvalue weighted by atomic mass is 10.1. The van der Waals surface area contributed by atoms with Crippen molar-refractivity contribution in [3.63, 3.8) is 0 Å². The Hall–Kier alpha value is -1.22. The lowest BCUT2D eigenvalue weighted by Crippen LogP contribution is -2.40. The third-order valence-electron chi connectivity index (χ3n) is 3.22. The first kappa shape index (κ1) is 13.2. The van der Waals surface area contributed by atoms with E-state index in [1.807, 2.05) is 24.3 Å². The Balaban J connectivity index is 1.94. The number of piperidine rings is 1. The van der Waals surface area contributed by atoms with Crippen LogP contribution in [0.1, 0.15) is 19.8 Å². The van der Waals surface area contributed by atoms with Crippen LogP contribution in [0.25, 0.3) is 0 Å². The minimum absolute atomic E-state index is 0.304. The summed E-state index contributed by atoms with van der Waals surface area (Å²) in [5.41, 5.74) is 0.816. The molecule has 0 saturated carbocycles. The van der Waals surface area contributed by atoms with Crippen molar-refractivity contribution in [1.82, 2.24) is 4.90 Å². The topological polar surface area (TPSA) is 24.8 Å². The van der Waals surface area contributed by atoms with Crippen LogP contribution in [-0.2, 0) is 0 Å². The van der Waals surface area contributed by atoms with Crippen molar-refractivity contribution < 1.29 is 4.74 Å². The molecule has 18 heavy (non-hydrogen) atoms. The van der Waals surface area contributed by atoms with Gasteiger partial charge in [-0.05, 0) is 62.4 Å². The predicted octanol–water partition coefficient (Wildman–Crippen LogP) is 3.28. The molecule has 96 valence electrons. The fourth-order valence-electron chi connectivity index (χ4n) is 2.24. The number of benzene rings is 1. The number of ether oxygens (including phenoxy) is 1. The quantitative estimate of drug-likeness (QED) is 0.615. The molecule has 1 atom stereocenters. The maximum atomic E-state index is 5.99. The Bertz CT molecular complexity index is 426. The SMILES string of the molecule is CCN1CCCC(Oc2ccc(N=C=S)cc2)C1. The Morgan fingerprint density at radius 3 is 2.89 bits per heavy atom. The summed E-state index contributed by atoms with van der Waals surface area (Å²) in [7, 11) is 0. The minimum atomic E-state index is 0.304. The van der Waals surface area contributed by atoms with Crippen LogP contribution in [0.2, 0.25) is 0 Å². The summed E-state index contributed by atoms with van der Waals surface area (Å²) in [4.78, 5) is 6.35. The van der Waals surface area contributed by atoms with Crippen LogP contribution in [0.3, 0.4) is 0 Å². The van der Waals surface area contributed by atoms with E-state index in [9.17, 15) is 0 Å². The highest BCUT2D eigenvalue weighted by molar-refractivity contribution is 7.78. The molecule has 4 heteroatoms. The first-order valence-corrected chi connectivity index (χ1v) is 6.79. The van der Waals surface area contributed by atoms with E-state index in [1.54, 1.807) is 0 Å². The molecule has 2 rings (SSSR count). The number of rotatable bonds is 4. The molecular weight excluding hydrogens is 244 g/mol. The Kier molecular flexibility index (Phi) is 4.88. The molecule has 0 aliphatic carbocycles. The van der Waals surface area contributed by atoms with E-state index in [0.29, 0.717) is 6.10 Å². The molecule has 1 fully saturated rings. The van der Waals surface area contributed by atoms with Gasteiger partial charge in [0.25, 0.3) is 0 Å². The van der Waals surface area contributed by atoms with Crippen LogP contribution in [0.15, 0.2) is 29.3 Å². The van der Waals surface area contributed by atoms with Crippen LogP contribution in [0.4, 0.5) is 5.69 Å². The number of likely N-dealkylation sites (tertiary alicyclic amines) is 1. The van der Waals surface area contributed by atoms with Crippen molar-refractivity contribution >= 4 is 23.1 Å². The molecule has 3 nitrogen and oxygen atoms in total. The molecule has 0 aromatic heterocycles. The van der Waals surface area contributed by atoms with Crippen LogP contribution < -0.4 is 4.74 Å². The number of hydrogen-bond acceptors (Lipinski definition) is 4. The third kappa shape index (κ3) is 3.64. The van der Waals surface area contributed by atoms with Gasteiger partial charge in [0.05, 0.1) is 10.8 Å². The summed E-state index contributed by atoms with van der Waals surface area (Å²) < 4.78 is 5.99. The second-order valence-corrected chi connectivity index (χ2v) is 4.65. The van der Waals surface area contributed by atoms with Crippen molar-refractivity contribution in [3.05, 3.63) is 24.3 Å². The Labute approximate surface area is 113 Å². The van der Waals surface area contributed by atoms with E-state index in [4.69, 9.17) is 4.74 Å². The highest BCUT2D eigenvalue weighted by atomic mass is 32.1. The summed E-state index contributed by atoms with van der Waals surface area (Å²) >= 11 is 4.57. The van der Waals surface area contributed by atoms with Gasteiger partial charge in [0.1, 0.15) is 11.9 Å². The Morgan fingerprint density at radius 2 is 2.22 bits per heavy atom. The number of aliphatic imine (C=N–C) groups is 1. The fourth-order valence-corrected chi connectivity index (χ4v) is 2.35. The maximum Gasteiger partial charge on any atom is 0.119 e. The van der Waals surface area contributed by atoms with E-state index in [0.717, 1.165) is 30.9 Å². The lowest BCUT2D eigenvalue weighted by molar-refractivity contribution is 0.0920. The lowest BCUT2D eigenvalue weighted by Gasteiger charge is -2.31. The molecule has 0 N–H and O–H groups in total. The van der Waals surface area contributed by atoms with Crippen molar-refractivity contribution in [2.45, 2.75) is 25.9 Å². The van der Waals surface area contributed by atoms with Gasteiger partial charge in [-0.3, -0.25) is 4.90 Å². The number of nitrogens with zero attached hydrogens (tertiary/aromatic N) is 2. The van der Waals surface area contributed by atoms with E-state index in [-0.39, 0.29) is 0 Å². The van der Waals surface area contributed by atoms with E-state index in [2.05, 4.69) is 34.2 Å². The molecule has 1 aromatic rings. The minimum Gasteiger partial charge on any atom is -0.489 e. The molecule has 1 aliphatic rings. The van der Waals surface area contributed by atoms with Gasteiger partial charge in [0.2, 0.25) is 0 Å². The highest BCUT2D eigenvalue weighted by Crippen LogP contribution is 2.21. The summed E-state index contributed by atoms with van der Waals surface area (Å²) in [6, 6.07) is 7.68. The number of hydrogen-bond donors (Lipinski definition) is 0. The predicted molar refractivity (Wildman–Crippen MR) is 76.9 cm³/mol. The van der Waals surface area contributed by atoms with Crippen molar-refractivity contribution in [1.29, 1.82) is 0 Å². The third-order valence-corrected chi connectivity index (χ3v) is 3.31. The molecule has 1 heterocycles. The smallest absolute Gasteiger partial charge is 0.119 e. The zero-order chi connectivity index (χ0) is 12.8. The first-order chi connectivity index (χ1) is 8.81. The second kappa shape index (κ2) is 6.64. The Morgan fingerprint density at radius 1 is 1.44 bits per heavy atom. The van der Waals surface area contributed by atoms with Crippen molar-refractivity contribution in [2.24, 2.45) is 4.99 Å². The van der Waals surface area contributed by atoms with Gasteiger partial charge in [0, 0.05) is 6.54 Å². The zero-order valence-corrected chi connectivity index (χ0v) is 11.4. The van der Waals surface area contributed by atoms with Gasteiger partial charge in [0.15, 0.2) is 0 Å². The monoisotopic (exact) mass is 262 g/mol. The van der Waals surface area contributed by atoms with Gasteiger partial charge in [-0.2, -0.15) is 4.99 Å². The second-order valence-electron chi connectivity index (χ2n) is 4.47. The van der Waals surface area contributed by atoms with Crippen LogP contribution >= 0.6 is 12.2 Å². The molecule has 1 unspecified atom stereocenters. The van der Waals surface area contributed by atoms with Gasteiger partial charge < -0.3 is 4.74 Å². The van der Waals surface area contributed by atoms with Gasteiger partial charge in [-0.15, -0.1) is 0 Å². The molecule has 1 aromatic carbocycles. The molecule has 0 spiro atoms.